The average molecular weight is 263 g/mol. The van der Waals surface area contributed by atoms with Crippen LogP contribution in [0.15, 0.2) is 4.52 Å². The maximum atomic E-state index is 12.0. The lowest BCUT2D eigenvalue weighted by Gasteiger charge is -2.10. The van der Waals surface area contributed by atoms with E-state index in [9.17, 15) is 4.79 Å². The van der Waals surface area contributed by atoms with Gasteiger partial charge in [0.05, 0.1) is 18.2 Å². The quantitative estimate of drug-likeness (QED) is 0.862. The lowest BCUT2D eigenvalue weighted by Crippen LogP contribution is -2.29. The van der Waals surface area contributed by atoms with Gasteiger partial charge in [-0.15, -0.1) is 0 Å². The van der Waals surface area contributed by atoms with Gasteiger partial charge in [-0.1, -0.05) is 5.16 Å². The summed E-state index contributed by atoms with van der Waals surface area (Å²) < 4.78 is 5.03. The number of hydrogen-bond donors (Lipinski definition) is 2. The minimum absolute atomic E-state index is 0.107. The van der Waals surface area contributed by atoms with Gasteiger partial charge < -0.3 is 9.84 Å². The Morgan fingerprint density at radius 1 is 1.42 bits per heavy atom. The molecule has 0 aliphatic heterocycles. The van der Waals surface area contributed by atoms with Gasteiger partial charge in [-0.2, -0.15) is 5.10 Å². The molecule has 19 heavy (non-hydrogen) atoms. The standard InChI is InChI=1S/C12H17N5O2/c1-6-10(8(3)19-17-6)5-11(18)13-7(2)12-14-9(4)15-16-12/h7H,5H2,1-4H3,(H,13,18)(H,14,15,16)/t7-/m0/s1. The molecule has 7 nitrogen and oxygen atoms in total. The predicted octanol–water partition coefficient (Wildman–Crippen LogP) is 1.14. The van der Waals surface area contributed by atoms with Crippen LogP contribution in [-0.2, 0) is 11.2 Å². The molecule has 7 heteroatoms. The SMILES string of the molecule is Cc1nc([C@H](C)NC(=O)Cc2c(C)noc2C)n[nH]1. The Bertz CT molecular complexity index is 567. The van der Waals surface area contributed by atoms with Crippen LogP contribution in [-0.4, -0.2) is 26.2 Å². The second-order valence-electron chi connectivity index (χ2n) is 4.55. The number of amides is 1. The van der Waals surface area contributed by atoms with Crippen LogP contribution in [0.2, 0.25) is 0 Å². The zero-order valence-electron chi connectivity index (χ0n) is 11.4. The van der Waals surface area contributed by atoms with Crippen LogP contribution >= 0.6 is 0 Å². The van der Waals surface area contributed by atoms with Crippen molar-refractivity contribution in [1.82, 2.24) is 25.7 Å². The van der Waals surface area contributed by atoms with Crippen molar-refractivity contribution in [1.29, 1.82) is 0 Å². The predicted molar refractivity (Wildman–Crippen MR) is 67.4 cm³/mol. The van der Waals surface area contributed by atoms with E-state index < -0.39 is 0 Å². The molecule has 0 radical (unpaired) electrons. The van der Waals surface area contributed by atoms with Gasteiger partial charge in [-0.3, -0.25) is 9.89 Å². The number of hydrogen-bond acceptors (Lipinski definition) is 5. The molecule has 0 aliphatic carbocycles. The number of aryl methyl sites for hydroxylation is 3. The minimum Gasteiger partial charge on any atom is -0.361 e. The Morgan fingerprint density at radius 3 is 2.68 bits per heavy atom. The summed E-state index contributed by atoms with van der Waals surface area (Å²) in [6.07, 6.45) is 0.245. The van der Waals surface area contributed by atoms with Crippen LogP contribution in [0.4, 0.5) is 0 Å². The first-order valence-electron chi connectivity index (χ1n) is 6.07. The second-order valence-corrected chi connectivity index (χ2v) is 4.55. The van der Waals surface area contributed by atoms with Gasteiger partial charge in [0.1, 0.15) is 11.6 Å². The number of H-pyrrole nitrogens is 1. The lowest BCUT2D eigenvalue weighted by molar-refractivity contribution is -0.121. The Kier molecular flexibility index (Phi) is 3.64. The van der Waals surface area contributed by atoms with Crippen LogP contribution in [0.5, 0.6) is 0 Å². The highest BCUT2D eigenvalue weighted by atomic mass is 16.5. The summed E-state index contributed by atoms with van der Waals surface area (Å²) in [6.45, 7) is 7.27. The normalized spacial score (nSPS) is 12.4. The Hall–Kier alpha value is -2.18. The smallest absolute Gasteiger partial charge is 0.225 e. The first-order chi connectivity index (χ1) is 8.97. The summed E-state index contributed by atoms with van der Waals surface area (Å²) in [5.74, 6) is 1.87. The number of rotatable bonds is 4. The Balaban J connectivity index is 1.98. The molecular weight excluding hydrogens is 246 g/mol. The van der Waals surface area contributed by atoms with E-state index in [4.69, 9.17) is 4.52 Å². The molecule has 0 saturated heterocycles. The summed E-state index contributed by atoms with van der Waals surface area (Å²) in [7, 11) is 0. The fraction of sp³-hybridized carbons (Fsp3) is 0.500. The molecule has 102 valence electrons. The van der Waals surface area contributed by atoms with Crippen molar-refractivity contribution >= 4 is 5.91 Å². The van der Waals surface area contributed by atoms with E-state index in [0.29, 0.717) is 11.6 Å². The second kappa shape index (κ2) is 5.21. The number of carbonyl (C=O) groups excluding carboxylic acids is 1. The molecule has 0 aromatic carbocycles. The minimum atomic E-state index is -0.238. The van der Waals surface area contributed by atoms with E-state index in [1.54, 1.807) is 6.92 Å². The van der Waals surface area contributed by atoms with Gasteiger partial charge in [-0.05, 0) is 27.7 Å². The van der Waals surface area contributed by atoms with Gasteiger partial charge in [0.15, 0.2) is 5.82 Å². The Labute approximate surface area is 110 Å². The highest BCUT2D eigenvalue weighted by Crippen LogP contribution is 2.13. The van der Waals surface area contributed by atoms with Gasteiger partial charge in [0, 0.05) is 5.56 Å². The average Bonchev–Trinajstić information content (AvgIpc) is 2.90. The lowest BCUT2D eigenvalue weighted by atomic mass is 10.1. The zero-order chi connectivity index (χ0) is 14.0. The van der Waals surface area contributed by atoms with E-state index in [1.807, 2.05) is 20.8 Å². The van der Waals surface area contributed by atoms with Gasteiger partial charge in [0.25, 0.3) is 0 Å². The molecule has 2 rings (SSSR count). The maximum Gasteiger partial charge on any atom is 0.225 e. The van der Waals surface area contributed by atoms with Crippen molar-refractivity contribution in [2.24, 2.45) is 0 Å². The van der Waals surface area contributed by atoms with Crippen molar-refractivity contribution in [3.05, 3.63) is 28.7 Å². The number of nitrogens with zero attached hydrogens (tertiary/aromatic N) is 3. The summed E-state index contributed by atoms with van der Waals surface area (Å²) in [5, 5.41) is 13.4. The fourth-order valence-corrected chi connectivity index (χ4v) is 1.83. The van der Waals surface area contributed by atoms with Gasteiger partial charge >= 0.3 is 0 Å². The van der Waals surface area contributed by atoms with E-state index in [2.05, 4.69) is 25.7 Å². The van der Waals surface area contributed by atoms with Crippen LogP contribution in [0.1, 0.15) is 41.6 Å². The molecule has 1 amide bonds. The maximum absolute atomic E-state index is 12.0. The molecule has 0 spiro atoms. The first kappa shape index (κ1) is 13.3. The van der Waals surface area contributed by atoms with Crippen LogP contribution in [0, 0.1) is 20.8 Å². The van der Waals surface area contributed by atoms with Crippen molar-refractivity contribution in [2.45, 2.75) is 40.2 Å². The third-order valence-corrected chi connectivity index (χ3v) is 2.90. The third-order valence-electron chi connectivity index (χ3n) is 2.90. The molecule has 2 aromatic heterocycles. The van der Waals surface area contributed by atoms with E-state index in [0.717, 1.165) is 17.1 Å². The molecule has 2 heterocycles. The number of aromatic amines is 1. The van der Waals surface area contributed by atoms with Crippen LogP contribution in [0.25, 0.3) is 0 Å². The van der Waals surface area contributed by atoms with Crippen molar-refractivity contribution in [3.8, 4) is 0 Å². The Morgan fingerprint density at radius 2 is 2.16 bits per heavy atom. The number of aromatic nitrogens is 4. The molecule has 0 saturated carbocycles. The highest BCUT2D eigenvalue weighted by Gasteiger charge is 2.17. The largest absolute Gasteiger partial charge is 0.361 e. The third kappa shape index (κ3) is 2.98. The molecule has 0 fully saturated rings. The van der Waals surface area contributed by atoms with Gasteiger partial charge in [-0.25, -0.2) is 4.98 Å². The summed E-state index contributed by atoms with van der Waals surface area (Å²) in [6, 6.07) is -0.238. The van der Waals surface area contributed by atoms with Crippen molar-refractivity contribution in [3.63, 3.8) is 0 Å². The molecule has 2 aromatic rings. The number of carbonyl (C=O) groups is 1. The summed E-state index contributed by atoms with van der Waals surface area (Å²) in [4.78, 5) is 16.1. The van der Waals surface area contributed by atoms with Crippen LogP contribution < -0.4 is 5.32 Å². The molecule has 0 aliphatic rings. The van der Waals surface area contributed by atoms with Crippen molar-refractivity contribution < 1.29 is 9.32 Å². The van der Waals surface area contributed by atoms with E-state index in [1.165, 1.54) is 0 Å². The first-order valence-corrected chi connectivity index (χ1v) is 6.07. The zero-order valence-corrected chi connectivity index (χ0v) is 11.4. The molecule has 0 bridgehead atoms. The molecular formula is C12H17N5O2. The van der Waals surface area contributed by atoms with E-state index in [-0.39, 0.29) is 18.4 Å². The molecule has 0 unspecified atom stereocenters. The number of nitrogens with one attached hydrogen (secondary N) is 2. The summed E-state index contributed by atoms with van der Waals surface area (Å²) in [5.41, 5.74) is 1.57. The van der Waals surface area contributed by atoms with Crippen LogP contribution in [0.3, 0.4) is 0 Å². The summed E-state index contributed by atoms with van der Waals surface area (Å²) >= 11 is 0. The van der Waals surface area contributed by atoms with E-state index >= 15 is 0 Å². The van der Waals surface area contributed by atoms with Gasteiger partial charge in [0.2, 0.25) is 5.91 Å². The molecule has 1 atom stereocenters. The monoisotopic (exact) mass is 263 g/mol. The fourth-order valence-electron chi connectivity index (χ4n) is 1.83. The highest BCUT2D eigenvalue weighted by molar-refractivity contribution is 5.79. The van der Waals surface area contributed by atoms with Crippen molar-refractivity contribution in [2.75, 3.05) is 0 Å². The topological polar surface area (TPSA) is 96.7 Å². The molecule has 2 N–H and O–H groups in total.